The van der Waals surface area contributed by atoms with Crippen molar-refractivity contribution in [3.8, 4) is 5.75 Å². The van der Waals surface area contributed by atoms with Crippen LogP contribution in [0.5, 0.6) is 5.75 Å². The number of benzene rings is 3. The summed E-state index contributed by atoms with van der Waals surface area (Å²) in [6.45, 7) is 6.91. The van der Waals surface area contributed by atoms with E-state index in [4.69, 9.17) is 27.9 Å². The van der Waals surface area contributed by atoms with Crippen LogP contribution in [0.3, 0.4) is 0 Å². The second-order valence-electron chi connectivity index (χ2n) is 10.0. The normalized spacial score (nSPS) is 12.7. The van der Waals surface area contributed by atoms with Crippen LogP contribution in [-0.4, -0.2) is 50.9 Å². The molecule has 0 aromatic heterocycles. The van der Waals surface area contributed by atoms with E-state index in [0.29, 0.717) is 34.2 Å². The maximum Gasteiger partial charge on any atom is 0.264 e. The lowest BCUT2D eigenvalue weighted by atomic mass is 10.1. The van der Waals surface area contributed by atoms with Gasteiger partial charge in [0.05, 0.1) is 17.7 Å². The van der Waals surface area contributed by atoms with Crippen molar-refractivity contribution in [1.29, 1.82) is 0 Å². The highest BCUT2D eigenvalue weighted by Crippen LogP contribution is 2.28. The molecule has 226 valence electrons. The van der Waals surface area contributed by atoms with Gasteiger partial charge in [0.25, 0.3) is 10.0 Å². The van der Waals surface area contributed by atoms with E-state index in [1.165, 1.54) is 24.1 Å². The molecule has 0 radical (unpaired) electrons. The van der Waals surface area contributed by atoms with Crippen molar-refractivity contribution >= 4 is 50.7 Å². The van der Waals surface area contributed by atoms with Crippen LogP contribution in [0, 0.1) is 6.92 Å². The fourth-order valence-corrected chi connectivity index (χ4v) is 6.19. The Morgan fingerprint density at radius 2 is 1.60 bits per heavy atom. The van der Waals surface area contributed by atoms with Crippen molar-refractivity contribution < 1.29 is 22.7 Å². The third-order valence-corrected chi connectivity index (χ3v) is 9.37. The molecule has 0 fully saturated rings. The zero-order valence-electron chi connectivity index (χ0n) is 24.4. The van der Waals surface area contributed by atoms with Crippen LogP contribution in [0.2, 0.25) is 10.0 Å². The lowest BCUT2D eigenvalue weighted by Gasteiger charge is -2.34. The number of hydrogen-bond acceptors (Lipinski definition) is 5. The molecule has 42 heavy (non-hydrogen) atoms. The Morgan fingerprint density at radius 1 is 0.952 bits per heavy atom. The van der Waals surface area contributed by atoms with Gasteiger partial charge >= 0.3 is 0 Å². The van der Waals surface area contributed by atoms with Crippen molar-refractivity contribution in [3.05, 3.63) is 87.9 Å². The van der Waals surface area contributed by atoms with Crippen LogP contribution in [-0.2, 0) is 26.2 Å². The number of anilines is 1. The van der Waals surface area contributed by atoms with Crippen LogP contribution >= 0.6 is 23.2 Å². The van der Waals surface area contributed by atoms with Gasteiger partial charge in [-0.15, -0.1) is 0 Å². The standard InChI is InChI=1S/C31H37Cl2N3O5S/c1-6-22(4)34-31(38)29(7-2)35(19-23-10-11-24(32)18-28(23)33)30(37)20-36(25-12-14-26(41-5)15-13-25)42(39,40)27-16-8-21(3)9-17-27/h8-18,22,29H,6-7,19-20H2,1-5H3,(H,34,38). The topological polar surface area (TPSA) is 96.0 Å². The number of sulfonamides is 1. The second kappa shape index (κ2) is 14.8. The molecule has 11 heteroatoms. The molecule has 0 heterocycles. The Balaban J connectivity index is 2.08. The van der Waals surface area contributed by atoms with Crippen LogP contribution in [0.1, 0.15) is 44.7 Å². The van der Waals surface area contributed by atoms with Crippen LogP contribution in [0.4, 0.5) is 5.69 Å². The highest BCUT2D eigenvalue weighted by molar-refractivity contribution is 7.92. The van der Waals surface area contributed by atoms with E-state index < -0.39 is 28.5 Å². The molecular formula is C31H37Cl2N3O5S. The molecule has 0 spiro atoms. The fourth-order valence-electron chi connectivity index (χ4n) is 4.31. The largest absolute Gasteiger partial charge is 0.497 e. The van der Waals surface area contributed by atoms with Gasteiger partial charge in [-0.2, -0.15) is 0 Å². The average Bonchev–Trinajstić information content (AvgIpc) is 2.96. The number of halogens is 2. The molecular weight excluding hydrogens is 597 g/mol. The maximum atomic E-state index is 14.2. The molecule has 2 atom stereocenters. The van der Waals surface area contributed by atoms with Crippen LogP contribution < -0.4 is 14.4 Å². The molecule has 8 nitrogen and oxygen atoms in total. The maximum absolute atomic E-state index is 14.2. The third kappa shape index (κ3) is 8.18. The lowest BCUT2D eigenvalue weighted by Crippen LogP contribution is -2.53. The number of nitrogens with zero attached hydrogens (tertiary/aromatic N) is 2. The Kier molecular flexibility index (Phi) is 11.7. The molecule has 0 saturated carbocycles. The number of aryl methyl sites for hydroxylation is 1. The minimum Gasteiger partial charge on any atom is -0.497 e. The van der Waals surface area contributed by atoms with E-state index in [0.717, 1.165) is 9.87 Å². The minimum atomic E-state index is -4.18. The number of carbonyl (C=O) groups is 2. The van der Waals surface area contributed by atoms with Gasteiger partial charge in [-0.05, 0) is 80.8 Å². The molecule has 3 rings (SSSR count). The Labute approximate surface area is 258 Å². The summed E-state index contributed by atoms with van der Waals surface area (Å²) in [5.41, 5.74) is 1.73. The van der Waals surface area contributed by atoms with Crippen molar-refractivity contribution in [2.45, 2.75) is 64.1 Å². The molecule has 0 aliphatic rings. The number of carbonyl (C=O) groups excluding carboxylic acids is 2. The Morgan fingerprint density at radius 3 is 2.14 bits per heavy atom. The van der Waals surface area contributed by atoms with E-state index in [-0.39, 0.29) is 29.1 Å². The summed E-state index contributed by atoms with van der Waals surface area (Å²) >= 11 is 12.6. The van der Waals surface area contributed by atoms with E-state index in [9.17, 15) is 18.0 Å². The van der Waals surface area contributed by atoms with Crippen molar-refractivity contribution in [2.75, 3.05) is 18.0 Å². The summed E-state index contributed by atoms with van der Waals surface area (Å²) in [4.78, 5) is 29.0. The first-order valence-corrected chi connectivity index (χ1v) is 15.9. The molecule has 0 aliphatic heterocycles. The van der Waals surface area contributed by atoms with Crippen molar-refractivity contribution in [1.82, 2.24) is 10.2 Å². The first-order valence-electron chi connectivity index (χ1n) is 13.7. The average molecular weight is 635 g/mol. The number of nitrogens with one attached hydrogen (secondary N) is 1. The van der Waals surface area contributed by atoms with E-state index >= 15 is 0 Å². The number of hydrogen-bond donors (Lipinski definition) is 1. The number of amides is 2. The number of methoxy groups -OCH3 is 1. The smallest absolute Gasteiger partial charge is 0.264 e. The van der Waals surface area contributed by atoms with E-state index in [2.05, 4.69) is 5.32 Å². The van der Waals surface area contributed by atoms with Crippen LogP contribution in [0.15, 0.2) is 71.6 Å². The zero-order chi connectivity index (χ0) is 31.0. The predicted molar refractivity (Wildman–Crippen MR) is 168 cm³/mol. The molecule has 0 bridgehead atoms. The van der Waals surface area contributed by atoms with Gasteiger partial charge in [0, 0.05) is 22.6 Å². The van der Waals surface area contributed by atoms with E-state index in [1.54, 1.807) is 61.5 Å². The quantitative estimate of drug-likeness (QED) is 0.241. The van der Waals surface area contributed by atoms with Gasteiger partial charge in [-0.1, -0.05) is 60.8 Å². The first-order chi connectivity index (χ1) is 19.9. The Bertz CT molecular complexity index is 1480. The van der Waals surface area contributed by atoms with Gasteiger partial charge < -0.3 is 15.0 Å². The molecule has 0 saturated heterocycles. The lowest BCUT2D eigenvalue weighted by molar-refractivity contribution is -0.140. The highest BCUT2D eigenvalue weighted by atomic mass is 35.5. The summed E-state index contributed by atoms with van der Waals surface area (Å²) in [6.07, 6.45) is 1.01. The zero-order valence-corrected chi connectivity index (χ0v) is 26.8. The van der Waals surface area contributed by atoms with Gasteiger partial charge in [0.15, 0.2) is 0 Å². The summed E-state index contributed by atoms with van der Waals surface area (Å²) in [5, 5.41) is 3.71. The Hall–Kier alpha value is -3.27. The van der Waals surface area contributed by atoms with Crippen LogP contribution in [0.25, 0.3) is 0 Å². The van der Waals surface area contributed by atoms with Gasteiger partial charge in [-0.25, -0.2) is 8.42 Å². The molecule has 3 aromatic carbocycles. The molecule has 0 aliphatic carbocycles. The summed E-state index contributed by atoms with van der Waals surface area (Å²) in [6, 6.07) is 16.7. The molecule has 3 aromatic rings. The third-order valence-electron chi connectivity index (χ3n) is 6.99. The predicted octanol–water partition coefficient (Wildman–Crippen LogP) is 6.23. The van der Waals surface area contributed by atoms with Gasteiger partial charge in [0.2, 0.25) is 11.8 Å². The highest BCUT2D eigenvalue weighted by Gasteiger charge is 2.34. The summed E-state index contributed by atoms with van der Waals surface area (Å²) in [7, 11) is -2.67. The number of rotatable bonds is 13. The summed E-state index contributed by atoms with van der Waals surface area (Å²) < 4.78 is 34.2. The van der Waals surface area contributed by atoms with Gasteiger partial charge in [-0.3, -0.25) is 13.9 Å². The summed E-state index contributed by atoms with van der Waals surface area (Å²) in [5.74, 6) is -0.370. The minimum absolute atomic E-state index is 0.0255. The van der Waals surface area contributed by atoms with Crippen molar-refractivity contribution in [3.63, 3.8) is 0 Å². The SMILES string of the molecule is CCC(C)NC(=O)C(CC)N(Cc1ccc(Cl)cc1Cl)C(=O)CN(c1ccc(OC)cc1)S(=O)(=O)c1ccc(C)cc1. The van der Waals surface area contributed by atoms with E-state index in [1.807, 2.05) is 20.8 Å². The number of ether oxygens (including phenoxy) is 1. The molecule has 2 unspecified atom stereocenters. The fraction of sp³-hybridized carbons (Fsp3) is 0.355. The monoisotopic (exact) mass is 633 g/mol. The first kappa shape index (κ1) is 33.2. The van der Waals surface area contributed by atoms with Crippen molar-refractivity contribution in [2.24, 2.45) is 0 Å². The van der Waals surface area contributed by atoms with Gasteiger partial charge in [0.1, 0.15) is 18.3 Å². The molecule has 2 amide bonds. The second-order valence-corrected chi connectivity index (χ2v) is 12.7. The molecule has 1 N–H and O–H groups in total.